The van der Waals surface area contributed by atoms with Gasteiger partial charge in [-0.3, -0.25) is 4.79 Å². The third-order valence-electron chi connectivity index (χ3n) is 2.15. The van der Waals surface area contributed by atoms with E-state index < -0.39 is 22.5 Å². The van der Waals surface area contributed by atoms with Gasteiger partial charge in [-0.05, 0) is 0 Å². The van der Waals surface area contributed by atoms with Gasteiger partial charge in [0.15, 0.2) is 10.8 Å². The number of nitrogen functional groups attached to an aromatic ring is 1. The smallest absolute Gasteiger partial charge is 0.375 e. The van der Waals surface area contributed by atoms with E-state index in [-0.39, 0.29) is 10.7 Å². The molecule has 2 rings (SSSR count). The summed E-state index contributed by atoms with van der Waals surface area (Å²) >= 11 is 0.541. The van der Waals surface area contributed by atoms with Crippen LogP contribution < -0.4 is 5.73 Å². The largest absolute Gasteiger partial charge is 0.435 e. The number of thiazole rings is 1. The monoisotopic (exact) mass is 272 g/mol. The summed E-state index contributed by atoms with van der Waals surface area (Å²) in [5.41, 5.74) is 4.20. The number of anilines is 1. The summed E-state index contributed by atoms with van der Waals surface area (Å²) < 4.78 is 38.0. The van der Waals surface area contributed by atoms with Crippen LogP contribution in [0.3, 0.4) is 0 Å². The number of ketones is 1. The molecule has 3 nitrogen and oxygen atoms in total. The Hall–Kier alpha value is -1.89. The molecular formula is C11H7F3N2OS. The fraction of sp³-hybridized carbons (Fsp3) is 0.0909. The summed E-state index contributed by atoms with van der Waals surface area (Å²) in [4.78, 5) is 14.6. The minimum atomic E-state index is -4.69. The van der Waals surface area contributed by atoms with Crippen molar-refractivity contribution in [3.8, 4) is 0 Å². The number of benzene rings is 1. The Balaban J connectivity index is 2.49. The fourth-order valence-electron chi connectivity index (χ4n) is 1.40. The highest BCUT2D eigenvalue weighted by Gasteiger charge is 2.39. The molecule has 0 unspecified atom stereocenters. The number of carbonyl (C=O) groups is 1. The lowest BCUT2D eigenvalue weighted by Gasteiger charge is -2.05. The van der Waals surface area contributed by atoms with E-state index in [1.807, 2.05) is 0 Å². The van der Waals surface area contributed by atoms with Gasteiger partial charge in [0.1, 0.15) is 4.88 Å². The second-order valence-corrected chi connectivity index (χ2v) is 4.45. The van der Waals surface area contributed by atoms with Gasteiger partial charge in [-0.1, -0.05) is 41.7 Å². The van der Waals surface area contributed by atoms with Gasteiger partial charge in [-0.15, -0.1) is 0 Å². The molecule has 1 aromatic heterocycles. The van der Waals surface area contributed by atoms with E-state index in [4.69, 9.17) is 5.73 Å². The van der Waals surface area contributed by atoms with E-state index in [0.29, 0.717) is 11.3 Å². The Morgan fingerprint density at radius 3 is 2.39 bits per heavy atom. The van der Waals surface area contributed by atoms with Crippen LogP contribution >= 0.6 is 11.3 Å². The number of halogens is 3. The molecule has 0 bridgehead atoms. The molecule has 94 valence electrons. The van der Waals surface area contributed by atoms with Crippen LogP contribution in [0, 0.1) is 0 Å². The molecule has 7 heteroatoms. The Morgan fingerprint density at radius 2 is 1.83 bits per heavy atom. The number of hydrogen-bond donors (Lipinski definition) is 1. The van der Waals surface area contributed by atoms with Crippen LogP contribution in [0.15, 0.2) is 30.3 Å². The number of rotatable bonds is 2. The lowest BCUT2D eigenvalue weighted by Crippen LogP contribution is -2.12. The van der Waals surface area contributed by atoms with E-state index >= 15 is 0 Å². The molecule has 18 heavy (non-hydrogen) atoms. The van der Waals surface area contributed by atoms with Crippen molar-refractivity contribution in [3.05, 3.63) is 46.5 Å². The summed E-state index contributed by atoms with van der Waals surface area (Å²) in [6, 6.07) is 7.70. The molecule has 0 saturated heterocycles. The molecule has 2 aromatic rings. The first-order valence-electron chi connectivity index (χ1n) is 4.83. The Morgan fingerprint density at radius 1 is 1.22 bits per heavy atom. The molecule has 0 amide bonds. The van der Waals surface area contributed by atoms with Crippen molar-refractivity contribution in [2.75, 3.05) is 5.73 Å². The molecule has 0 aliphatic carbocycles. The normalized spacial score (nSPS) is 11.5. The van der Waals surface area contributed by atoms with Crippen molar-refractivity contribution in [2.45, 2.75) is 6.18 Å². The van der Waals surface area contributed by atoms with Crippen molar-refractivity contribution >= 4 is 22.3 Å². The molecule has 0 radical (unpaired) electrons. The van der Waals surface area contributed by atoms with Crippen LogP contribution in [0.2, 0.25) is 0 Å². The van der Waals surface area contributed by atoms with Crippen molar-refractivity contribution in [1.29, 1.82) is 0 Å². The van der Waals surface area contributed by atoms with E-state index in [1.54, 1.807) is 18.2 Å². The van der Waals surface area contributed by atoms with Crippen molar-refractivity contribution in [3.63, 3.8) is 0 Å². The van der Waals surface area contributed by atoms with Crippen LogP contribution in [-0.2, 0) is 6.18 Å². The molecule has 0 atom stereocenters. The molecular weight excluding hydrogens is 265 g/mol. The third kappa shape index (κ3) is 2.35. The van der Waals surface area contributed by atoms with E-state index in [2.05, 4.69) is 4.98 Å². The highest BCUT2D eigenvalue weighted by atomic mass is 32.1. The predicted molar refractivity (Wildman–Crippen MR) is 61.4 cm³/mol. The summed E-state index contributed by atoms with van der Waals surface area (Å²) in [5.74, 6) is -0.725. The van der Waals surface area contributed by atoms with Gasteiger partial charge in [0.25, 0.3) is 0 Å². The van der Waals surface area contributed by atoms with E-state index in [9.17, 15) is 18.0 Å². The summed E-state index contributed by atoms with van der Waals surface area (Å²) in [6.45, 7) is 0. The maximum atomic E-state index is 12.7. The molecule has 0 fully saturated rings. The Labute approximate surface area is 104 Å². The second-order valence-electron chi connectivity index (χ2n) is 3.42. The van der Waals surface area contributed by atoms with Gasteiger partial charge in [0.2, 0.25) is 5.78 Å². The first-order valence-corrected chi connectivity index (χ1v) is 5.64. The topological polar surface area (TPSA) is 56.0 Å². The zero-order chi connectivity index (χ0) is 13.3. The van der Waals surface area contributed by atoms with Gasteiger partial charge in [-0.25, -0.2) is 4.98 Å². The standard InChI is InChI=1S/C11H7F3N2OS/c12-11(13,14)9-8(18-10(15)16-9)7(17)6-4-2-1-3-5-6/h1-5H,(H2,15,16). The first kappa shape index (κ1) is 12.6. The quantitative estimate of drug-likeness (QED) is 0.855. The fourth-order valence-corrected chi connectivity index (χ4v) is 2.22. The van der Waals surface area contributed by atoms with Gasteiger partial charge in [0, 0.05) is 5.56 Å². The predicted octanol–water partition coefficient (Wildman–Crippen LogP) is 2.98. The van der Waals surface area contributed by atoms with Crippen LogP contribution in [0.1, 0.15) is 20.9 Å². The van der Waals surface area contributed by atoms with Crippen molar-refractivity contribution in [1.82, 2.24) is 4.98 Å². The minimum absolute atomic E-state index is 0.173. The van der Waals surface area contributed by atoms with Gasteiger partial charge in [0.05, 0.1) is 0 Å². The van der Waals surface area contributed by atoms with Gasteiger partial charge < -0.3 is 5.73 Å². The summed E-state index contributed by atoms with van der Waals surface area (Å²) in [6.07, 6.45) is -4.69. The Kier molecular flexibility index (Phi) is 3.08. The van der Waals surface area contributed by atoms with Crippen molar-refractivity contribution < 1.29 is 18.0 Å². The highest BCUT2D eigenvalue weighted by Crippen LogP contribution is 2.36. The second kappa shape index (κ2) is 4.41. The number of nitrogens with zero attached hydrogens (tertiary/aromatic N) is 1. The summed E-state index contributed by atoms with van der Waals surface area (Å²) in [7, 11) is 0. The zero-order valence-electron chi connectivity index (χ0n) is 8.86. The summed E-state index contributed by atoms with van der Waals surface area (Å²) in [5, 5.41) is -0.276. The minimum Gasteiger partial charge on any atom is -0.375 e. The molecule has 1 heterocycles. The first-order chi connectivity index (χ1) is 8.39. The average molecular weight is 272 g/mol. The van der Waals surface area contributed by atoms with Crippen LogP contribution in [0.5, 0.6) is 0 Å². The molecule has 1 aromatic carbocycles. The molecule has 0 aliphatic heterocycles. The molecule has 2 N–H and O–H groups in total. The molecule has 0 saturated carbocycles. The maximum Gasteiger partial charge on any atom is 0.435 e. The number of nitrogens with two attached hydrogens (primary N) is 1. The van der Waals surface area contributed by atoms with Gasteiger partial charge in [-0.2, -0.15) is 13.2 Å². The maximum absolute atomic E-state index is 12.7. The SMILES string of the molecule is Nc1nc(C(F)(F)F)c(C(=O)c2ccccc2)s1. The molecule has 0 aliphatic rings. The number of carbonyl (C=O) groups excluding carboxylic acids is 1. The molecule has 0 spiro atoms. The lowest BCUT2D eigenvalue weighted by atomic mass is 10.1. The number of aromatic nitrogens is 1. The van der Waals surface area contributed by atoms with Crippen LogP contribution in [-0.4, -0.2) is 10.8 Å². The Bertz CT molecular complexity index is 578. The van der Waals surface area contributed by atoms with Crippen molar-refractivity contribution in [2.24, 2.45) is 0 Å². The lowest BCUT2D eigenvalue weighted by molar-refractivity contribution is -0.140. The van der Waals surface area contributed by atoms with Crippen LogP contribution in [0.4, 0.5) is 18.3 Å². The third-order valence-corrected chi connectivity index (χ3v) is 3.04. The van der Waals surface area contributed by atoms with Crippen LogP contribution in [0.25, 0.3) is 0 Å². The zero-order valence-corrected chi connectivity index (χ0v) is 9.68. The average Bonchev–Trinajstić information content (AvgIpc) is 2.71. The van der Waals surface area contributed by atoms with E-state index in [1.165, 1.54) is 12.1 Å². The number of alkyl halides is 3. The number of hydrogen-bond acceptors (Lipinski definition) is 4. The highest BCUT2D eigenvalue weighted by molar-refractivity contribution is 7.17. The van der Waals surface area contributed by atoms with Gasteiger partial charge >= 0.3 is 6.18 Å². The van der Waals surface area contributed by atoms with E-state index in [0.717, 1.165) is 0 Å².